The van der Waals surface area contributed by atoms with E-state index in [2.05, 4.69) is 42.4 Å². The van der Waals surface area contributed by atoms with Crippen molar-refractivity contribution in [1.29, 1.82) is 0 Å². The first kappa shape index (κ1) is 23.2. The van der Waals surface area contributed by atoms with Crippen LogP contribution in [0.5, 0.6) is 17.2 Å². The summed E-state index contributed by atoms with van der Waals surface area (Å²) in [6, 6.07) is 9.52. The second kappa shape index (κ2) is 11.8. The summed E-state index contributed by atoms with van der Waals surface area (Å²) in [4.78, 5) is 11.9. The standard InChI is InChI=1S/C21H24Br2N2O4/c1-4-28-21-17(23)11-15(12-19(21)27-3)13-24-25-20(26)6-5-9-29-18-8-7-14(2)10-16(18)22/h7-8,10-13H,4-6,9H2,1-3H3,(H,25,26)/b24-13+. The molecule has 29 heavy (non-hydrogen) atoms. The second-order valence-corrected chi connectivity index (χ2v) is 7.85. The van der Waals surface area contributed by atoms with Crippen molar-refractivity contribution in [3.05, 3.63) is 50.4 Å². The molecule has 2 aromatic carbocycles. The molecule has 0 saturated carbocycles. The van der Waals surface area contributed by atoms with Crippen LogP contribution in [0, 0.1) is 6.92 Å². The van der Waals surface area contributed by atoms with Gasteiger partial charge in [-0.3, -0.25) is 4.79 Å². The van der Waals surface area contributed by atoms with Crippen molar-refractivity contribution in [2.24, 2.45) is 5.10 Å². The molecule has 8 heteroatoms. The Morgan fingerprint density at radius 2 is 1.93 bits per heavy atom. The van der Waals surface area contributed by atoms with Crippen LogP contribution in [0.15, 0.2) is 44.4 Å². The predicted octanol–water partition coefficient (Wildman–Crippen LogP) is 5.24. The molecule has 1 N–H and O–H groups in total. The van der Waals surface area contributed by atoms with Crippen molar-refractivity contribution >= 4 is 44.0 Å². The van der Waals surface area contributed by atoms with Gasteiger partial charge < -0.3 is 14.2 Å². The average Bonchev–Trinajstić information content (AvgIpc) is 2.68. The first-order valence-electron chi connectivity index (χ1n) is 9.15. The number of amides is 1. The van der Waals surface area contributed by atoms with Crippen LogP contribution < -0.4 is 19.6 Å². The van der Waals surface area contributed by atoms with Gasteiger partial charge in [0.15, 0.2) is 11.5 Å². The van der Waals surface area contributed by atoms with E-state index >= 15 is 0 Å². The minimum atomic E-state index is -0.176. The van der Waals surface area contributed by atoms with E-state index in [0.717, 1.165) is 25.8 Å². The van der Waals surface area contributed by atoms with E-state index in [1.807, 2.05) is 38.1 Å². The Kier molecular flexibility index (Phi) is 9.47. The van der Waals surface area contributed by atoms with Crippen LogP contribution in [0.3, 0.4) is 0 Å². The van der Waals surface area contributed by atoms with E-state index in [0.29, 0.717) is 37.6 Å². The van der Waals surface area contributed by atoms with Crippen LogP contribution >= 0.6 is 31.9 Å². The zero-order chi connectivity index (χ0) is 21.2. The summed E-state index contributed by atoms with van der Waals surface area (Å²) >= 11 is 6.93. The molecule has 1 amide bonds. The maximum absolute atomic E-state index is 11.9. The maximum atomic E-state index is 11.9. The number of halogens is 2. The van der Waals surface area contributed by atoms with Gasteiger partial charge in [0, 0.05) is 6.42 Å². The minimum Gasteiger partial charge on any atom is -0.493 e. The van der Waals surface area contributed by atoms with E-state index in [-0.39, 0.29) is 5.91 Å². The molecule has 0 radical (unpaired) electrons. The normalized spacial score (nSPS) is 10.8. The molecule has 0 aliphatic rings. The molecule has 0 bridgehead atoms. The molecule has 0 fully saturated rings. The fourth-order valence-corrected chi connectivity index (χ4v) is 3.65. The number of hydrazone groups is 1. The van der Waals surface area contributed by atoms with Gasteiger partial charge in [0.2, 0.25) is 5.91 Å². The maximum Gasteiger partial charge on any atom is 0.240 e. The number of hydrogen-bond acceptors (Lipinski definition) is 5. The third-order valence-electron chi connectivity index (χ3n) is 3.84. The Morgan fingerprint density at radius 3 is 2.62 bits per heavy atom. The van der Waals surface area contributed by atoms with E-state index in [1.54, 1.807) is 19.4 Å². The van der Waals surface area contributed by atoms with Crippen molar-refractivity contribution in [1.82, 2.24) is 5.43 Å². The number of aryl methyl sites for hydroxylation is 1. The molecule has 0 saturated heterocycles. The zero-order valence-electron chi connectivity index (χ0n) is 16.6. The van der Waals surface area contributed by atoms with E-state index in [1.165, 1.54) is 0 Å². The summed E-state index contributed by atoms with van der Waals surface area (Å²) in [5.74, 6) is 1.82. The molecule has 2 aromatic rings. The quantitative estimate of drug-likeness (QED) is 0.261. The highest BCUT2D eigenvalue weighted by molar-refractivity contribution is 9.10. The number of nitrogens with zero attached hydrogens (tertiary/aromatic N) is 1. The molecule has 2 rings (SSSR count). The number of ether oxygens (including phenoxy) is 3. The SMILES string of the molecule is CCOc1c(Br)cc(/C=N/NC(=O)CCCOc2ccc(C)cc2Br)cc1OC. The van der Waals surface area contributed by atoms with Crippen LogP contribution in [0.2, 0.25) is 0 Å². The first-order chi connectivity index (χ1) is 13.9. The lowest BCUT2D eigenvalue weighted by Crippen LogP contribution is -2.18. The van der Waals surface area contributed by atoms with Crippen LogP contribution in [-0.4, -0.2) is 32.4 Å². The van der Waals surface area contributed by atoms with E-state index < -0.39 is 0 Å². The number of methoxy groups -OCH3 is 1. The smallest absolute Gasteiger partial charge is 0.240 e. The highest BCUT2D eigenvalue weighted by atomic mass is 79.9. The summed E-state index contributed by atoms with van der Waals surface area (Å²) in [6.45, 7) is 4.90. The van der Waals surface area contributed by atoms with Gasteiger partial charge in [-0.25, -0.2) is 5.43 Å². The highest BCUT2D eigenvalue weighted by Gasteiger charge is 2.10. The highest BCUT2D eigenvalue weighted by Crippen LogP contribution is 2.36. The Bertz CT molecular complexity index is 872. The molecule has 0 spiro atoms. The van der Waals surface area contributed by atoms with E-state index in [9.17, 15) is 4.79 Å². The van der Waals surface area contributed by atoms with Crippen molar-refractivity contribution in [3.8, 4) is 17.2 Å². The van der Waals surface area contributed by atoms with Gasteiger partial charge in [-0.05, 0) is 87.5 Å². The third-order valence-corrected chi connectivity index (χ3v) is 5.05. The Balaban J connectivity index is 1.80. The summed E-state index contributed by atoms with van der Waals surface area (Å²) in [6.07, 6.45) is 2.46. The van der Waals surface area contributed by atoms with Crippen molar-refractivity contribution in [2.45, 2.75) is 26.7 Å². The number of carbonyl (C=O) groups is 1. The number of nitrogens with one attached hydrogen (secondary N) is 1. The van der Waals surface area contributed by atoms with Gasteiger partial charge in [-0.2, -0.15) is 5.10 Å². The Morgan fingerprint density at radius 1 is 1.14 bits per heavy atom. The second-order valence-electron chi connectivity index (χ2n) is 6.15. The van der Waals surface area contributed by atoms with Crippen molar-refractivity contribution in [2.75, 3.05) is 20.3 Å². The van der Waals surface area contributed by atoms with Crippen LogP contribution in [0.4, 0.5) is 0 Å². The summed E-state index contributed by atoms with van der Waals surface area (Å²) < 4.78 is 18.2. The molecular formula is C21H24Br2N2O4. The molecule has 0 aliphatic heterocycles. The fourth-order valence-electron chi connectivity index (χ4n) is 2.47. The predicted molar refractivity (Wildman–Crippen MR) is 121 cm³/mol. The largest absolute Gasteiger partial charge is 0.493 e. The van der Waals surface area contributed by atoms with Crippen LogP contribution in [0.25, 0.3) is 0 Å². The van der Waals surface area contributed by atoms with Crippen molar-refractivity contribution < 1.29 is 19.0 Å². The number of rotatable bonds is 10. The average molecular weight is 528 g/mol. The first-order valence-corrected chi connectivity index (χ1v) is 10.7. The number of benzene rings is 2. The zero-order valence-corrected chi connectivity index (χ0v) is 19.8. The summed E-state index contributed by atoms with van der Waals surface area (Å²) in [5.41, 5.74) is 4.44. The van der Waals surface area contributed by atoms with Gasteiger partial charge >= 0.3 is 0 Å². The molecular weight excluding hydrogens is 504 g/mol. The van der Waals surface area contributed by atoms with Gasteiger partial charge in [0.25, 0.3) is 0 Å². The topological polar surface area (TPSA) is 69.2 Å². The van der Waals surface area contributed by atoms with Crippen LogP contribution in [0.1, 0.15) is 30.9 Å². The van der Waals surface area contributed by atoms with E-state index in [4.69, 9.17) is 14.2 Å². The Labute approximate surface area is 187 Å². The fraction of sp³-hybridized carbons (Fsp3) is 0.333. The lowest BCUT2D eigenvalue weighted by atomic mass is 10.2. The molecule has 0 heterocycles. The lowest BCUT2D eigenvalue weighted by molar-refractivity contribution is -0.121. The number of carbonyl (C=O) groups excluding carboxylic acids is 1. The lowest BCUT2D eigenvalue weighted by Gasteiger charge is -2.12. The minimum absolute atomic E-state index is 0.176. The molecule has 0 aliphatic carbocycles. The molecule has 6 nitrogen and oxygen atoms in total. The molecule has 0 unspecified atom stereocenters. The monoisotopic (exact) mass is 526 g/mol. The molecule has 0 aromatic heterocycles. The third kappa shape index (κ3) is 7.36. The Hall–Kier alpha value is -2.06. The van der Waals surface area contributed by atoms with Crippen LogP contribution in [-0.2, 0) is 4.79 Å². The van der Waals surface area contributed by atoms with Gasteiger partial charge in [0.05, 0.1) is 35.5 Å². The van der Waals surface area contributed by atoms with Crippen molar-refractivity contribution in [3.63, 3.8) is 0 Å². The summed E-state index contributed by atoms with van der Waals surface area (Å²) in [5, 5.41) is 4.00. The molecule has 0 atom stereocenters. The van der Waals surface area contributed by atoms with Gasteiger partial charge in [0.1, 0.15) is 5.75 Å². The number of hydrogen-bond donors (Lipinski definition) is 1. The van der Waals surface area contributed by atoms with Gasteiger partial charge in [-0.1, -0.05) is 6.07 Å². The molecule has 156 valence electrons. The summed E-state index contributed by atoms with van der Waals surface area (Å²) in [7, 11) is 1.57. The van der Waals surface area contributed by atoms with Gasteiger partial charge in [-0.15, -0.1) is 0 Å².